The zero-order chi connectivity index (χ0) is 17.6. The fourth-order valence-electron chi connectivity index (χ4n) is 3.68. The van der Waals surface area contributed by atoms with Crippen LogP contribution in [0.5, 0.6) is 0 Å². The Morgan fingerprint density at radius 3 is 2.42 bits per heavy atom. The summed E-state index contributed by atoms with van der Waals surface area (Å²) in [5, 5.41) is 3.47. The van der Waals surface area contributed by atoms with E-state index in [9.17, 15) is 0 Å². The Kier molecular flexibility index (Phi) is 5.48. The molecule has 0 unspecified atom stereocenters. The van der Waals surface area contributed by atoms with Crippen LogP contribution in [0.2, 0.25) is 0 Å². The topological polar surface area (TPSA) is 28.4 Å². The zero-order valence-electron chi connectivity index (χ0n) is 15.2. The van der Waals surface area contributed by atoms with Gasteiger partial charge >= 0.3 is 0 Å². The van der Waals surface area contributed by atoms with Crippen LogP contribution in [0.4, 0.5) is 0 Å². The van der Waals surface area contributed by atoms with Gasteiger partial charge < -0.3 is 9.73 Å². The van der Waals surface area contributed by atoms with Gasteiger partial charge in [-0.05, 0) is 60.3 Å². The summed E-state index contributed by atoms with van der Waals surface area (Å²) in [6.45, 7) is 5.13. The van der Waals surface area contributed by atoms with Gasteiger partial charge in [0.25, 0.3) is 0 Å². The Labute approximate surface area is 155 Å². The summed E-state index contributed by atoms with van der Waals surface area (Å²) < 4.78 is 5.39. The molecule has 1 fully saturated rings. The lowest BCUT2D eigenvalue weighted by atomic mass is 9.98. The second-order valence-electron chi connectivity index (χ2n) is 7.02. The molecular formula is C23H26N2O. The predicted octanol–water partition coefficient (Wildman–Crippen LogP) is 4.83. The first-order valence-electron chi connectivity index (χ1n) is 9.51. The van der Waals surface area contributed by atoms with Crippen LogP contribution in [0, 0.1) is 0 Å². The number of nitrogens with one attached hydrogen (secondary N) is 1. The summed E-state index contributed by atoms with van der Waals surface area (Å²) in [4.78, 5) is 2.54. The maximum absolute atomic E-state index is 5.39. The molecule has 26 heavy (non-hydrogen) atoms. The third kappa shape index (κ3) is 4.24. The van der Waals surface area contributed by atoms with Gasteiger partial charge in [0.05, 0.1) is 12.8 Å². The second kappa shape index (κ2) is 8.35. The van der Waals surface area contributed by atoms with Crippen LogP contribution in [0.25, 0.3) is 11.1 Å². The first kappa shape index (κ1) is 17.1. The van der Waals surface area contributed by atoms with Crippen molar-refractivity contribution in [2.75, 3.05) is 13.1 Å². The number of rotatable bonds is 7. The molecule has 0 bridgehead atoms. The van der Waals surface area contributed by atoms with E-state index in [2.05, 4.69) is 58.7 Å². The minimum atomic E-state index is 0.746. The molecule has 2 heterocycles. The van der Waals surface area contributed by atoms with Crippen molar-refractivity contribution in [3.63, 3.8) is 0 Å². The first-order chi connectivity index (χ1) is 12.9. The third-order valence-corrected chi connectivity index (χ3v) is 5.08. The maximum atomic E-state index is 5.39. The minimum absolute atomic E-state index is 0.746. The molecule has 0 spiro atoms. The lowest BCUT2D eigenvalue weighted by Crippen LogP contribution is -2.18. The van der Waals surface area contributed by atoms with E-state index in [0.717, 1.165) is 25.4 Å². The van der Waals surface area contributed by atoms with Crippen molar-refractivity contribution in [2.45, 2.75) is 32.5 Å². The molecule has 3 aromatic rings. The van der Waals surface area contributed by atoms with E-state index in [4.69, 9.17) is 4.42 Å². The van der Waals surface area contributed by atoms with Crippen LogP contribution in [-0.4, -0.2) is 18.0 Å². The highest BCUT2D eigenvalue weighted by molar-refractivity contribution is 5.67. The van der Waals surface area contributed by atoms with Crippen LogP contribution in [-0.2, 0) is 19.6 Å². The number of nitrogens with zero attached hydrogens (tertiary/aromatic N) is 1. The largest absolute Gasteiger partial charge is 0.468 e. The lowest BCUT2D eigenvalue weighted by molar-refractivity contribution is 0.331. The molecule has 1 N–H and O–H groups in total. The Bertz CT molecular complexity index is 802. The smallest absolute Gasteiger partial charge is 0.117 e. The molecule has 3 heteroatoms. The Hall–Kier alpha value is -2.36. The van der Waals surface area contributed by atoms with E-state index in [1.165, 1.54) is 48.2 Å². The fraction of sp³-hybridized carbons (Fsp3) is 0.304. The number of hydrogen-bond donors (Lipinski definition) is 1. The Morgan fingerprint density at radius 2 is 1.65 bits per heavy atom. The second-order valence-corrected chi connectivity index (χ2v) is 7.02. The summed E-state index contributed by atoms with van der Waals surface area (Å²) in [6.07, 6.45) is 4.40. The number of furan rings is 1. The van der Waals surface area contributed by atoms with Crippen molar-refractivity contribution in [3.05, 3.63) is 83.8 Å². The quantitative estimate of drug-likeness (QED) is 0.664. The summed E-state index contributed by atoms with van der Waals surface area (Å²) in [5.74, 6) is 0.966. The summed E-state index contributed by atoms with van der Waals surface area (Å²) in [5.41, 5.74) is 5.30. The molecule has 134 valence electrons. The molecule has 1 saturated heterocycles. The zero-order valence-corrected chi connectivity index (χ0v) is 15.2. The molecule has 2 aromatic carbocycles. The Balaban J connectivity index is 1.43. The van der Waals surface area contributed by atoms with Gasteiger partial charge in [-0.2, -0.15) is 0 Å². The normalized spacial score (nSPS) is 14.8. The van der Waals surface area contributed by atoms with Gasteiger partial charge in [0.15, 0.2) is 0 Å². The van der Waals surface area contributed by atoms with E-state index >= 15 is 0 Å². The van der Waals surface area contributed by atoms with E-state index in [1.54, 1.807) is 6.26 Å². The van der Waals surface area contributed by atoms with E-state index in [0.29, 0.717) is 0 Å². The van der Waals surface area contributed by atoms with Gasteiger partial charge in [-0.15, -0.1) is 0 Å². The Morgan fingerprint density at radius 1 is 0.846 bits per heavy atom. The monoisotopic (exact) mass is 346 g/mol. The first-order valence-corrected chi connectivity index (χ1v) is 9.51. The van der Waals surface area contributed by atoms with E-state index < -0.39 is 0 Å². The van der Waals surface area contributed by atoms with Crippen molar-refractivity contribution < 1.29 is 4.42 Å². The SMILES string of the molecule is c1coc(CNCc2ccccc2-c2ccc(CN3CCCC3)cc2)c1. The van der Waals surface area contributed by atoms with Crippen molar-refractivity contribution >= 4 is 0 Å². The predicted molar refractivity (Wildman–Crippen MR) is 106 cm³/mol. The lowest BCUT2D eigenvalue weighted by Gasteiger charge is -2.15. The van der Waals surface area contributed by atoms with E-state index in [1.807, 2.05) is 12.1 Å². The molecule has 0 radical (unpaired) electrons. The van der Waals surface area contributed by atoms with Gasteiger partial charge in [-0.25, -0.2) is 0 Å². The molecule has 3 nitrogen and oxygen atoms in total. The standard InChI is InChI=1S/C23H26N2O/c1-2-8-23(21(6-1)16-24-17-22-7-5-15-26-22)20-11-9-19(10-12-20)18-25-13-3-4-14-25/h1-2,5-12,15,24H,3-4,13-14,16-18H2. The van der Waals surface area contributed by atoms with Crippen molar-refractivity contribution in [1.29, 1.82) is 0 Å². The molecule has 1 aliphatic heterocycles. The molecule has 1 aliphatic rings. The van der Waals surface area contributed by atoms with Crippen LogP contribution >= 0.6 is 0 Å². The molecule has 0 saturated carbocycles. The number of likely N-dealkylation sites (tertiary alicyclic amines) is 1. The van der Waals surface area contributed by atoms with Gasteiger partial charge in [0, 0.05) is 13.1 Å². The highest BCUT2D eigenvalue weighted by Gasteiger charge is 2.12. The van der Waals surface area contributed by atoms with Crippen molar-refractivity contribution in [3.8, 4) is 11.1 Å². The van der Waals surface area contributed by atoms with Crippen LogP contribution < -0.4 is 5.32 Å². The third-order valence-electron chi connectivity index (χ3n) is 5.08. The molecule has 0 amide bonds. The molecule has 1 aromatic heterocycles. The van der Waals surface area contributed by atoms with Gasteiger partial charge in [0.1, 0.15) is 5.76 Å². The highest BCUT2D eigenvalue weighted by Crippen LogP contribution is 2.25. The van der Waals surface area contributed by atoms with Crippen LogP contribution in [0.15, 0.2) is 71.3 Å². The summed E-state index contributed by atoms with van der Waals surface area (Å²) in [7, 11) is 0. The summed E-state index contributed by atoms with van der Waals surface area (Å²) >= 11 is 0. The molecular weight excluding hydrogens is 320 g/mol. The summed E-state index contributed by atoms with van der Waals surface area (Å²) in [6, 6.07) is 21.6. The van der Waals surface area contributed by atoms with Gasteiger partial charge in [0.2, 0.25) is 0 Å². The van der Waals surface area contributed by atoms with Crippen molar-refractivity contribution in [2.24, 2.45) is 0 Å². The van der Waals surface area contributed by atoms with Gasteiger partial charge in [-0.1, -0.05) is 48.5 Å². The fourth-order valence-corrected chi connectivity index (χ4v) is 3.68. The number of benzene rings is 2. The van der Waals surface area contributed by atoms with E-state index in [-0.39, 0.29) is 0 Å². The molecule has 0 aliphatic carbocycles. The van der Waals surface area contributed by atoms with Crippen molar-refractivity contribution in [1.82, 2.24) is 10.2 Å². The minimum Gasteiger partial charge on any atom is -0.468 e. The highest BCUT2D eigenvalue weighted by atomic mass is 16.3. The number of hydrogen-bond acceptors (Lipinski definition) is 3. The average molecular weight is 346 g/mol. The molecule has 0 atom stereocenters. The molecule has 4 rings (SSSR count). The van der Waals surface area contributed by atoms with Gasteiger partial charge in [-0.3, -0.25) is 4.90 Å². The average Bonchev–Trinajstić information content (AvgIpc) is 3.37. The van der Waals surface area contributed by atoms with Crippen LogP contribution in [0.3, 0.4) is 0 Å². The van der Waals surface area contributed by atoms with Crippen LogP contribution in [0.1, 0.15) is 29.7 Å². The maximum Gasteiger partial charge on any atom is 0.117 e.